The number of pyridine rings is 2. The number of hydrogen-bond acceptors (Lipinski definition) is 2. The fraction of sp³-hybridized carbons (Fsp3) is 0.0714. The molecule has 3 heterocycles. The van der Waals surface area contributed by atoms with Crippen molar-refractivity contribution in [3.8, 4) is 22.3 Å². The molecule has 3 heteroatoms. The predicted octanol–water partition coefficient (Wildman–Crippen LogP) is 6.18. The van der Waals surface area contributed by atoms with Crippen LogP contribution in [0.2, 0.25) is 0 Å². The minimum atomic E-state index is 0.986. The molecule has 2 aliphatic rings. The van der Waals surface area contributed by atoms with E-state index in [-0.39, 0.29) is 0 Å². The molecule has 0 saturated heterocycles. The van der Waals surface area contributed by atoms with Crippen LogP contribution < -0.4 is 0 Å². The van der Waals surface area contributed by atoms with E-state index in [0.29, 0.717) is 0 Å². The summed E-state index contributed by atoms with van der Waals surface area (Å²) < 4.78 is 2.18. The highest BCUT2D eigenvalue weighted by molar-refractivity contribution is 6.13. The zero-order chi connectivity index (χ0) is 20.1. The molecular formula is C28H17N3. The summed E-state index contributed by atoms with van der Waals surface area (Å²) in [5.41, 5.74) is 13.6. The molecule has 144 valence electrons. The van der Waals surface area contributed by atoms with E-state index in [1.165, 1.54) is 60.7 Å². The first-order valence-corrected chi connectivity index (χ1v) is 10.8. The van der Waals surface area contributed by atoms with Crippen molar-refractivity contribution in [2.45, 2.75) is 12.8 Å². The SMILES string of the molecule is c1ccc2c(c1)Cc1ccc3c(c1-2)Cc1cc2c4cnccc4n4ccnc4c2cc1-3. The van der Waals surface area contributed by atoms with Gasteiger partial charge in [-0.05, 0) is 80.9 Å². The average molecular weight is 395 g/mol. The Morgan fingerprint density at radius 1 is 0.710 bits per heavy atom. The second kappa shape index (κ2) is 5.38. The number of imidazole rings is 1. The summed E-state index contributed by atoms with van der Waals surface area (Å²) in [6, 6.07) is 20.4. The summed E-state index contributed by atoms with van der Waals surface area (Å²) in [6.07, 6.45) is 9.81. The molecule has 0 fully saturated rings. The van der Waals surface area contributed by atoms with Gasteiger partial charge in [0, 0.05) is 35.6 Å². The number of nitrogens with zero attached hydrogens (tertiary/aromatic N) is 3. The van der Waals surface area contributed by atoms with Gasteiger partial charge in [-0.3, -0.25) is 9.38 Å². The van der Waals surface area contributed by atoms with E-state index >= 15 is 0 Å². The Kier molecular flexibility index (Phi) is 2.74. The third kappa shape index (κ3) is 1.89. The molecule has 0 saturated carbocycles. The summed E-state index contributed by atoms with van der Waals surface area (Å²) in [5.74, 6) is 0. The highest BCUT2D eigenvalue weighted by atomic mass is 15.0. The molecule has 0 amide bonds. The highest BCUT2D eigenvalue weighted by Gasteiger charge is 2.28. The zero-order valence-electron chi connectivity index (χ0n) is 16.8. The molecule has 0 aliphatic heterocycles. The van der Waals surface area contributed by atoms with Gasteiger partial charge in [0.25, 0.3) is 0 Å². The Labute approximate surface area is 178 Å². The zero-order valence-corrected chi connectivity index (χ0v) is 16.8. The van der Waals surface area contributed by atoms with Crippen LogP contribution in [0.3, 0.4) is 0 Å². The number of hydrogen-bond donors (Lipinski definition) is 0. The van der Waals surface area contributed by atoms with E-state index in [2.05, 4.69) is 64.0 Å². The lowest BCUT2D eigenvalue weighted by Crippen LogP contribution is -1.92. The largest absolute Gasteiger partial charge is 0.299 e. The maximum atomic E-state index is 4.71. The second-order valence-corrected chi connectivity index (χ2v) is 8.71. The van der Waals surface area contributed by atoms with Gasteiger partial charge < -0.3 is 0 Å². The van der Waals surface area contributed by atoms with Crippen LogP contribution in [-0.4, -0.2) is 14.4 Å². The van der Waals surface area contributed by atoms with Crippen molar-refractivity contribution in [2.75, 3.05) is 0 Å². The van der Waals surface area contributed by atoms with E-state index in [4.69, 9.17) is 4.98 Å². The minimum absolute atomic E-state index is 0.986. The van der Waals surface area contributed by atoms with Crippen molar-refractivity contribution in [1.82, 2.24) is 14.4 Å². The molecule has 3 aromatic heterocycles. The molecule has 0 unspecified atom stereocenters. The van der Waals surface area contributed by atoms with Gasteiger partial charge in [-0.2, -0.15) is 0 Å². The van der Waals surface area contributed by atoms with Gasteiger partial charge in [0.15, 0.2) is 0 Å². The lowest BCUT2D eigenvalue weighted by molar-refractivity contribution is 1.23. The Bertz CT molecular complexity index is 1740. The first kappa shape index (κ1) is 15.8. The molecule has 6 aromatic rings. The first-order valence-electron chi connectivity index (χ1n) is 10.8. The second-order valence-electron chi connectivity index (χ2n) is 8.71. The van der Waals surface area contributed by atoms with E-state index in [1.807, 2.05) is 24.8 Å². The third-order valence-corrected chi connectivity index (χ3v) is 7.20. The average Bonchev–Trinajstić information content (AvgIpc) is 3.52. The number of rotatable bonds is 0. The van der Waals surface area contributed by atoms with Crippen molar-refractivity contribution in [1.29, 1.82) is 0 Å². The Balaban J connectivity index is 1.47. The Morgan fingerprint density at radius 2 is 1.68 bits per heavy atom. The van der Waals surface area contributed by atoms with E-state index in [9.17, 15) is 0 Å². The van der Waals surface area contributed by atoms with Crippen LogP contribution >= 0.6 is 0 Å². The van der Waals surface area contributed by atoms with Crippen molar-refractivity contribution in [3.05, 3.63) is 102 Å². The van der Waals surface area contributed by atoms with Crippen LogP contribution in [0, 0.1) is 0 Å². The first-order chi connectivity index (χ1) is 15.4. The molecule has 2 aliphatic carbocycles. The molecule has 0 atom stereocenters. The quantitative estimate of drug-likeness (QED) is 0.287. The third-order valence-electron chi connectivity index (χ3n) is 7.20. The molecule has 0 N–H and O–H groups in total. The van der Waals surface area contributed by atoms with Crippen LogP contribution in [0.5, 0.6) is 0 Å². The summed E-state index contributed by atoms with van der Waals surface area (Å²) in [4.78, 5) is 9.13. The molecule has 8 rings (SSSR count). The van der Waals surface area contributed by atoms with Gasteiger partial charge in [-0.25, -0.2) is 4.98 Å². The Morgan fingerprint density at radius 3 is 2.68 bits per heavy atom. The molecule has 3 aromatic carbocycles. The highest BCUT2D eigenvalue weighted by Crippen LogP contribution is 2.48. The topological polar surface area (TPSA) is 30.2 Å². The van der Waals surface area contributed by atoms with Crippen LogP contribution in [0.25, 0.3) is 49.6 Å². The predicted molar refractivity (Wildman–Crippen MR) is 124 cm³/mol. The summed E-state index contributed by atoms with van der Waals surface area (Å²) in [6.45, 7) is 0. The van der Waals surface area contributed by atoms with Crippen LogP contribution in [-0.2, 0) is 12.8 Å². The van der Waals surface area contributed by atoms with Crippen LogP contribution in [0.4, 0.5) is 0 Å². The Hall–Kier alpha value is -3.98. The van der Waals surface area contributed by atoms with Crippen molar-refractivity contribution in [2.24, 2.45) is 0 Å². The minimum Gasteiger partial charge on any atom is -0.299 e. The summed E-state index contributed by atoms with van der Waals surface area (Å²) in [7, 11) is 0. The standard InChI is InChI=1S/C28H17N3/c1-2-4-19-16(3-1)11-17-5-6-20-21-14-24-22(12-18(21)13-23(20)27(17)19)25-15-29-8-7-26(25)31-10-9-30-28(24)31/h1-10,12,14-15H,11,13H2. The maximum Gasteiger partial charge on any atom is 0.145 e. The van der Waals surface area contributed by atoms with Crippen LogP contribution in [0.15, 0.2) is 79.4 Å². The number of aromatic nitrogens is 3. The smallest absolute Gasteiger partial charge is 0.145 e. The maximum absolute atomic E-state index is 4.71. The van der Waals surface area contributed by atoms with E-state index in [1.54, 1.807) is 0 Å². The molecule has 0 spiro atoms. The lowest BCUT2D eigenvalue weighted by atomic mass is 9.95. The molecule has 3 nitrogen and oxygen atoms in total. The van der Waals surface area contributed by atoms with Crippen LogP contribution in [0.1, 0.15) is 22.3 Å². The lowest BCUT2D eigenvalue weighted by Gasteiger charge is -2.10. The van der Waals surface area contributed by atoms with Gasteiger partial charge in [0.1, 0.15) is 5.65 Å². The fourth-order valence-electron chi connectivity index (χ4n) is 5.88. The summed E-state index contributed by atoms with van der Waals surface area (Å²) in [5, 5.41) is 3.61. The summed E-state index contributed by atoms with van der Waals surface area (Å²) >= 11 is 0. The van der Waals surface area contributed by atoms with Gasteiger partial charge in [0.05, 0.1) is 5.52 Å². The normalized spacial score (nSPS) is 13.5. The number of fused-ring (bicyclic) bond motifs is 13. The van der Waals surface area contributed by atoms with Crippen molar-refractivity contribution in [3.63, 3.8) is 0 Å². The van der Waals surface area contributed by atoms with E-state index in [0.717, 1.165) is 24.0 Å². The molecular weight excluding hydrogens is 378 g/mol. The van der Waals surface area contributed by atoms with Gasteiger partial charge in [-0.15, -0.1) is 0 Å². The molecule has 0 radical (unpaired) electrons. The van der Waals surface area contributed by atoms with Crippen molar-refractivity contribution >= 4 is 27.3 Å². The molecule has 0 bridgehead atoms. The fourth-order valence-corrected chi connectivity index (χ4v) is 5.88. The number of benzene rings is 3. The molecule has 31 heavy (non-hydrogen) atoms. The van der Waals surface area contributed by atoms with Gasteiger partial charge >= 0.3 is 0 Å². The monoisotopic (exact) mass is 395 g/mol. The van der Waals surface area contributed by atoms with Crippen molar-refractivity contribution < 1.29 is 0 Å². The van der Waals surface area contributed by atoms with E-state index < -0.39 is 0 Å². The van der Waals surface area contributed by atoms with Gasteiger partial charge in [-0.1, -0.05) is 36.4 Å². The van der Waals surface area contributed by atoms with Gasteiger partial charge in [0.2, 0.25) is 0 Å².